The van der Waals surface area contributed by atoms with Gasteiger partial charge in [-0.3, -0.25) is 9.59 Å². The number of amides is 1. The van der Waals surface area contributed by atoms with Crippen LogP contribution in [0, 0.1) is 26.7 Å². The summed E-state index contributed by atoms with van der Waals surface area (Å²) in [5.41, 5.74) is 3.01. The van der Waals surface area contributed by atoms with Crippen LogP contribution in [0.15, 0.2) is 27.9 Å². The summed E-state index contributed by atoms with van der Waals surface area (Å²) in [7, 11) is 0. The van der Waals surface area contributed by atoms with Crippen LogP contribution in [0.5, 0.6) is 0 Å². The molecule has 2 aromatic heterocycles. The SMILES string of the molecule is Cc1ccc(C)c(SCc2nc3sc(C(=O)N(C4CC4)C(C)C(C)C)c(C)c3c(=O)[nH]2)c1. The fourth-order valence-corrected chi connectivity index (χ4v) is 6.08. The first-order valence-electron chi connectivity index (χ1n) is 11.2. The van der Waals surface area contributed by atoms with Crippen LogP contribution in [0.4, 0.5) is 0 Å². The summed E-state index contributed by atoms with van der Waals surface area (Å²) in [6.07, 6.45) is 2.12. The van der Waals surface area contributed by atoms with Crippen molar-refractivity contribution >= 4 is 39.2 Å². The predicted octanol–water partition coefficient (Wildman–Crippen LogP) is 5.85. The molecule has 4 rings (SSSR count). The Morgan fingerprint density at radius 1 is 1.25 bits per heavy atom. The van der Waals surface area contributed by atoms with Crippen LogP contribution >= 0.6 is 23.1 Å². The fraction of sp³-hybridized carbons (Fsp3) is 0.480. The second-order valence-corrected chi connectivity index (χ2v) is 11.3. The van der Waals surface area contributed by atoms with E-state index < -0.39 is 0 Å². The Bertz CT molecular complexity index is 1220. The van der Waals surface area contributed by atoms with E-state index >= 15 is 0 Å². The second-order valence-electron chi connectivity index (χ2n) is 9.23. The van der Waals surface area contributed by atoms with E-state index in [1.165, 1.54) is 27.4 Å². The summed E-state index contributed by atoms with van der Waals surface area (Å²) >= 11 is 3.03. The van der Waals surface area contributed by atoms with Crippen LogP contribution in [0.2, 0.25) is 0 Å². The molecule has 2 heterocycles. The molecule has 0 aliphatic heterocycles. The molecule has 1 N–H and O–H groups in total. The Hall–Kier alpha value is -2.12. The molecular formula is C25H31N3O2S2. The van der Waals surface area contributed by atoms with Crippen molar-refractivity contribution < 1.29 is 4.79 Å². The number of nitrogens with one attached hydrogen (secondary N) is 1. The molecule has 0 bridgehead atoms. The number of carbonyl (C=O) groups excluding carboxylic acids is 1. The van der Waals surface area contributed by atoms with Crippen molar-refractivity contribution in [2.24, 2.45) is 5.92 Å². The summed E-state index contributed by atoms with van der Waals surface area (Å²) in [4.78, 5) is 38.7. The lowest BCUT2D eigenvalue weighted by Gasteiger charge is -2.32. The molecule has 1 aliphatic rings. The van der Waals surface area contributed by atoms with E-state index in [2.05, 4.69) is 57.8 Å². The molecule has 0 radical (unpaired) electrons. The Morgan fingerprint density at radius 2 is 1.97 bits per heavy atom. The van der Waals surface area contributed by atoms with Crippen molar-refractivity contribution in [3.8, 4) is 0 Å². The molecule has 170 valence electrons. The minimum absolute atomic E-state index is 0.0416. The number of fused-ring (bicyclic) bond motifs is 1. The quantitative estimate of drug-likeness (QED) is 0.441. The number of thioether (sulfide) groups is 1. The van der Waals surface area contributed by atoms with Gasteiger partial charge in [-0.05, 0) is 63.6 Å². The molecule has 0 saturated heterocycles. The number of benzene rings is 1. The van der Waals surface area contributed by atoms with E-state index in [1.54, 1.807) is 11.8 Å². The third-order valence-electron chi connectivity index (χ3n) is 6.33. The molecule has 0 spiro atoms. The van der Waals surface area contributed by atoms with Crippen molar-refractivity contribution in [3.05, 3.63) is 55.9 Å². The van der Waals surface area contributed by atoms with Gasteiger partial charge >= 0.3 is 0 Å². The number of hydrogen-bond acceptors (Lipinski definition) is 5. The number of aryl methyl sites for hydroxylation is 3. The normalized spacial score (nSPS) is 14.8. The molecule has 1 unspecified atom stereocenters. The lowest BCUT2D eigenvalue weighted by atomic mass is 10.0. The molecule has 32 heavy (non-hydrogen) atoms. The van der Waals surface area contributed by atoms with Gasteiger partial charge in [0.1, 0.15) is 10.7 Å². The van der Waals surface area contributed by atoms with Crippen LogP contribution < -0.4 is 5.56 Å². The highest BCUT2D eigenvalue weighted by molar-refractivity contribution is 7.98. The Balaban J connectivity index is 1.65. The van der Waals surface area contributed by atoms with Gasteiger partial charge in [0, 0.05) is 17.0 Å². The van der Waals surface area contributed by atoms with Crippen molar-refractivity contribution in [2.45, 2.75) is 77.1 Å². The first-order chi connectivity index (χ1) is 15.2. The van der Waals surface area contributed by atoms with Gasteiger partial charge < -0.3 is 9.88 Å². The highest BCUT2D eigenvalue weighted by Crippen LogP contribution is 2.36. The first-order valence-corrected chi connectivity index (χ1v) is 13.0. The van der Waals surface area contributed by atoms with Gasteiger partial charge in [0.2, 0.25) is 0 Å². The second kappa shape index (κ2) is 9.02. The highest BCUT2D eigenvalue weighted by atomic mass is 32.2. The maximum atomic E-state index is 13.5. The Kier molecular flexibility index (Phi) is 6.50. The zero-order valence-electron chi connectivity index (χ0n) is 19.6. The maximum absolute atomic E-state index is 13.5. The lowest BCUT2D eigenvalue weighted by molar-refractivity contribution is 0.0632. The van der Waals surface area contributed by atoms with Crippen molar-refractivity contribution in [2.75, 3.05) is 0 Å². The summed E-state index contributed by atoms with van der Waals surface area (Å²) in [6, 6.07) is 6.85. The highest BCUT2D eigenvalue weighted by Gasteiger charge is 2.38. The molecule has 7 heteroatoms. The predicted molar refractivity (Wildman–Crippen MR) is 134 cm³/mol. The molecule has 1 fully saturated rings. The minimum Gasteiger partial charge on any atom is -0.332 e. The average molecular weight is 470 g/mol. The molecule has 1 aromatic carbocycles. The summed E-state index contributed by atoms with van der Waals surface area (Å²) in [6.45, 7) is 12.5. The van der Waals surface area contributed by atoms with E-state index in [0.29, 0.717) is 38.6 Å². The van der Waals surface area contributed by atoms with Gasteiger partial charge in [0.05, 0.1) is 16.0 Å². The molecular weight excluding hydrogens is 438 g/mol. The third-order valence-corrected chi connectivity index (χ3v) is 8.67. The zero-order chi connectivity index (χ0) is 23.2. The van der Waals surface area contributed by atoms with Gasteiger partial charge in [-0.15, -0.1) is 23.1 Å². The monoisotopic (exact) mass is 469 g/mol. The molecule has 1 aliphatic carbocycles. The average Bonchev–Trinajstić information content (AvgIpc) is 3.51. The zero-order valence-corrected chi connectivity index (χ0v) is 21.2. The topological polar surface area (TPSA) is 66.1 Å². The molecule has 1 amide bonds. The summed E-state index contributed by atoms with van der Waals surface area (Å²) in [5.74, 6) is 1.64. The van der Waals surface area contributed by atoms with Gasteiger partial charge in [-0.2, -0.15) is 0 Å². The van der Waals surface area contributed by atoms with Crippen LogP contribution in [0.1, 0.15) is 65.8 Å². The number of nitrogens with zero attached hydrogens (tertiary/aromatic N) is 2. The number of aromatic nitrogens is 2. The summed E-state index contributed by atoms with van der Waals surface area (Å²) in [5, 5.41) is 0.548. The molecule has 5 nitrogen and oxygen atoms in total. The number of hydrogen-bond donors (Lipinski definition) is 1. The maximum Gasteiger partial charge on any atom is 0.264 e. The van der Waals surface area contributed by atoms with Gasteiger partial charge in [0.25, 0.3) is 11.5 Å². The van der Waals surface area contributed by atoms with Crippen molar-refractivity contribution in [1.29, 1.82) is 0 Å². The van der Waals surface area contributed by atoms with E-state index in [-0.39, 0.29) is 17.5 Å². The van der Waals surface area contributed by atoms with Gasteiger partial charge in [-0.25, -0.2) is 4.98 Å². The standard InChI is InChI=1S/C25H31N3O2S2/c1-13(2)17(6)28(18-9-10-18)25(30)22-16(5)21-23(29)26-20(27-24(21)32-22)12-31-19-11-14(3)7-8-15(19)4/h7-8,11,13,17-18H,9-10,12H2,1-6H3,(H,26,27,29). The van der Waals surface area contributed by atoms with Crippen LogP contribution in [0.25, 0.3) is 10.2 Å². The summed E-state index contributed by atoms with van der Waals surface area (Å²) < 4.78 is 0. The van der Waals surface area contributed by atoms with Gasteiger partial charge in [0.15, 0.2) is 0 Å². The van der Waals surface area contributed by atoms with E-state index in [0.717, 1.165) is 18.4 Å². The fourth-order valence-electron chi connectivity index (χ4n) is 3.94. The van der Waals surface area contributed by atoms with Gasteiger partial charge in [-0.1, -0.05) is 31.5 Å². The molecule has 1 saturated carbocycles. The molecule has 3 aromatic rings. The Morgan fingerprint density at radius 3 is 2.62 bits per heavy atom. The molecule has 1 atom stereocenters. The van der Waals surface area contributed by atoms with E-state index in [9.17, 15) is 9.59 Å². The minimum atomic E-state index is -0.158. The number of aromatic amines is 1. The van der Waals surface area contributed by atoms with E-state index in [1.807, 2.05) is 11.8 Å². The number of H-pyrrole nitrogens is 1. The Labute approximate surface area is 197 Å². The lowest BCUT2D eigenvalue weighted by Crippen LogP contribution is -2.43. The van der Waals surface area contributed by atoms with Crippen molar-refractivity contribution in [3.63, 3.8) is 0 Å². The van der Waals surface area contributed by atoms with Crippen LogP contribution in [-0.2, 0) is 5.75 Å². The number of thiophene rings is 1. The number of carbonyl (C=O) groups is 1. The number of rotatable bonds is 7. The largest absolute Gasteiger partial charge is 0.332 e. The first kappa shape index (κ1) is 23.1. The smallest absolute Gasteiger partial charge is 0.264 e. The third kappa shape index (κ3) is 4.50. The van der Waals surface area contributed by atoms with Crippen LogP contribution in [-0.4, -0.2) is 32.9 Å². The van der Waals surface area contributed by atoms with Crippen LogP contribution in [0.3, 0.4) is 0 Å². The van der Waals surface area contributed by atoms with Crippen molar-refractivity contribution in [1.82, 2.24) is 14.9 Å². The van der Waals surface area contributed by atoms with E-state index in [4.69, 9.17) is 4.98 Å².